The van der Waals surface area contributed by atoms with Crippen molar-refractivity contribution in [3.05, 3.63) is 235 Å². The van der Waals surface area contributed by atoms with Crippen LogP contribution >= 0.6 is 0 Å². The van der Waals surface area contributed by atoms with E-state index in [9.17, 15) is 40.9 Å². The number of hydrogen-bond donors (Lipinski definition) is 8. The molecule has 464 valence electrons. The summed E-state index contributed by atoms with van der Waals surface area (Å²) >= 11 is 0. The highest BCUT2D eigenvalue weighted by Crippen LogP contribution is 2.42. The van der Waals surface area contributed by atoms with Gasteiger partial charge in [-0.05, 0) is 89.0 Å². The average molecular weight is 1200 g/mol. The molecular weight excluding hydrogens is 1120 g/mol. The maximum Gasteiger partial charge on any atom is 0.126 e. The highest BCUT2D eigenvalue weighted by Gasteiger charge is 2.25. The minimum atomic E-state index is -0.227. The maximum absolute atomic E-state index is 10.2. The van der Waals surface area contributed by atoms with Crippen molar-refractivity contribution in [1.29, 1.82) is 0 Å². The molecule has 1 aliphatic rings. The van der Waals surface area contributed by atoms with Gasteiger partial charge in [-0.3, -0.25) is 0 Å². The number of rotatable bonds is 24. The lowest BCUT2D eigenvalue weighted by Crippen LogP contribution is -2.12. The van der Waals surface area contributed by atoms with Gasteiger partial charge in [0.1, 0.15) is 98.9 Å². The standard InChI is InChI=1S/C72H80O16/c73-25-33-81-65-49-9-1-10-50(65)42-52-12-3-14-54(67(52)83-35-27-75)44-56-16-5-18-58(69(56)85-37-29-77)46-60-20-7-22-62(71(60)87-39-31-79)48-64-24-8-23-63(72(64)88-40-32-80)47-61-21-6-19-59(70(61)86-38-30-78)45-57-17-4-15-55(68(57)84-36-28-76)43-53-13-2-11-51(41-49)66(53)82-34-26-74/h1-24,73-80H,25-48H2. The number of aliphatic hydroxyl groups is 8. The summed E-state index contributed by atoms with van der Waals surface area (Å²) in [5, 5.41) is 81.5. The van der Waals surface area contributed by atoms with Gasteiger partial charge < -0.3 is 78.7 Å². The number of ether oxygens (including phenoxy) is 8. The quantitative estimate of drug-likeness (QED) is 0.0290. The van der Waals surface area contributed by atoms with E-state index < -0.39 is 0 Å². The van der Waals surface area contributed by atoms with Crippen LogP contribution in [0, 0.1) is 0 Å². The van der Waals surface area contributed by atoms with E-state index in [4.69, 9.17) is 37.9 Å². The van der Waals surface area contributed by atoms with Crippen LogP contribution in [0.15, 0.2) is 146 Å². The van der Waals surface area contributed by atoms with Crippen molar-refractivity contribution in [2.24, 2.45) is 0 Å². The fourth-order valence-electron chi connectivity index (χ4n) is 11.6. The minimum Gasteiger partial charge on any atom is -0.491 e. The Labute approximate surface area is 514 Å². The first-order valence-electron chi connectivity index (χ1n) is 30.1. The van der Waals surface area contributed by atoms with E-state index in [2.05, 4.69) is 0 Å². The van der Waals surface area contributed by atoms with Crippen LogP contribution in [0.2, 0.25) is 0 Å². The number of para-hydroxylation sites is 8. The molecule has 0 unspecified atom stereocenters. The predicted octanol–water partition coefficient (Wildman–Crippen LogP) is 7.70. The van der Waals surface area contributed by atoms with E-state index in [1.165, 1.54) is 0 Å². The molecule has 0 amide bonds. The van der Waals surface area contributed by atoms with Crippen molar-refractivity contribution in [1.82, 2.24) is 0 Å². The molecule has 0 radical (unpaired) electrons. The van der Waals surface area contributed by atoms with Gasteiger partial charge in [0.25, 0.3) is 0 Å². The van der Waals surface area contributed by atoms with E-state index in [0.29, 0.717) is 97.4 Å². The Morgan fingerprint density at radius 3 is 0.341 bits per heavy atom. The van der Waals surface area contributed by atoms with Crippen molar-refractivity contribution in [2.75, 3.05) is 106 Å². The molecule has 16 bridgehead atoms. The van der Waals surface area contributed by atoms with Gasteiger partial charge in [-0.2, -0.15) is 0 Å². The van der Waals surface area contributed by atoms with Gasteiger partial charge in [0.2, 0.25) is 0 Å². The summed E-state index contributed by atoms with van der Waals surface area (Å²) in [6.07, 6.45) is 2.81. The molecule has 16 heteroatoms. The van der Waals surface area contributed by atoms with Crippen molar-refractivity contribution in [3.8, 4) is 46.0 Å². The summed E-state index contributed by atoms with van der Waals surface area (Å²) in [5.41, 5.74) is 13.2. The Balaban J connectivity index is 1.24. The fraction of sp³-hybridized carbons (Fsp3) is 0.333. The average Bonchev–Trinajstić information content (AvgIpc) is 1.87. The van der Waals surface area contributed by atoms with Crippen LogP contribution in [-0.4, -0.2) is 147 Å². The lowest BCUT2D eigenvalue weighted by Gasteiger charge is -2.22. The normalized spacial score (nSPS) is 12.5. The zero-order valence-corrected chi connectivity index (χ0v) is 49.7. The number of aliphatic hydroxyl groups excluding tert-OH is 8. The Morgan fingerprint density at radius 2 is 0.261 bits per heavy atom. The predicted molar refractivity (Wildman–Crippen MR) is 335 cm³/mol. The van der Waals surface area contributed by atoms with Gasteiger partial charge in [-0.25, -0.2) is 0 Å². The fourth-order valence-corrected chi connectivity index (χ4v) is 11.6. The van der Waals surface area contributed by atoms with Gasteiger partial charge in [0, 0.05) is 51.4 Å². The first-order chi connectivity index (χ1) is 43.3. The Bertz CT molecular complexity index is 2670. The van der Waals surface area contributed by atoms with Crippen LogP contribution < -0.4 is 37.9 Å². The zero-order chi connectivity index (χ0) is 61.5. The maximum atomic E-state index is 10.2. The van der Waals surface area contributed by atoms with E-state index in [1.807, 2.05) is 146 Å². The van der Waals surface area contributed by atoms with Crippen molar-refractivity contribution in [2.45, 2.75) is 51.4 Å². The second-order valence-corrected chi connectivity index (χ2v) is 21.2. The molecule has 0 heterocycles. The topological polar surface area (TPSA) is 236 Å². The number of fused-ring (bicyclic) bond motifs is 16. The summed E-state index contributed by atoms with van der Waals surface area (Å²) in [7, 11) is 0. The highest BCUT2D eigenvalue weighted by molar-refractivity contribution is 5.58. The lowest BCUT2D eigenvalue weighted by atomic mass is 9.91. The van der Waals surface area contributed by atoms with Crippen LogP contribution in [0.5, 0.6) is 46.0 Å². The molecule has 88 heavy (non-hydrogen) atoms. The van der Waals surface area contributed by atoms with Crippen LogP contribution in [0.25, 0.3) is 0 Å². The second kappa shape index (κ2) is 33.3. The Morgan fingerprint density at radius 1 is 0.170 bits per heavy atom. The third-order valence-electron chi connectivity index (χ3n) is 15.2. The van der Waals surface area contributed by atoms with Crippen LogP contribution in [0.1, 0.15) is 89.0 Å². The van der Waals surface area contributed by atoms with Crippen molar-refractivity contribution < 1.29 is 78.7 Å². The molecule has 0 fully saturated rings. The molecule has 0 saturated carbocycles. The Hall–Kier alpha value is -8.16. The first kappa shape index (κ1) is 64.3. The van der Waals surface area contributed by atoms with Crippen LogP contribution in [-0.2, 0) is 51.4 Å². The van der Waals surface area contributed by atoms with Gasteiger partial charge in [0.05, 0.1) is 52.9 Å². The Kier molecular flexibility index (Phi) is 24.3. The van der Waals surface area contributed by atoms with Gasteiger partial charge in [0.15, 0.2) is 0 Å². The molecule has 16 nitrogen and oxygen atoms in total. The van der Waals surface area contributed by atoms with Gasteiger partial charge in [-0.15, -0.1) is 0 Å². The van der Waals surface area contributed by atoms with Crippen molar-refractivity contribution in [3.63, 3.8) is 0 Å². The van der Waals surface area contributed by atoms with Gasteiger partial charge >= 0.3 is 0 Å². The lowest BCUT2D eigenvalue weighted by molar-refractivity contribution is 0.197. The summed E-state index contributed by atoms with van der Waals surface area (Å²) in [5.74, 6) is 4.67. The van der Waals surface area contributed by atoms with Crippen LogP contribution in [0.3, 0.4) is 0 Å². The number of benzene rings is 8. The minimum absolute atomic E-state index is 0.0271. The summed E-state index contributed by atoms with van der Waals surface area (Å²) in [6.45, 7) is -1.60. The third kappa shape index (κ3) is 16.3. The van der Waals surface area contributed by atoms with Crippen molar-refractivity contribution >= 4 is 0 Å². The molecular formula is C72H80O16. The van der Waals surface area contributed by atoms with E-state index in [1.54, 1.807) is 0 Å². The molecule has 8 N–H and O–H groups in total. The third-order valence-corrected chi connectivity index (χ3v) is 15.2. The molecule has 0 spiro atoms. The zero-order valence-electron chi connectivity index (χ0n) is 49.7. The molecule has 9 rings (SSSR count). The second-order valence-electron chi connectivity index (χ2n) is 21.2. The van der Waals surface area contributed by atoms with E-state index in [0.717, 1.165) is 89.0 Å². The molecule has 0 saturated heterocycles. The smallest absolute Gasteiger partial charge is 0.126 e. The molecule has 0 aliphatic heterocycles. The van der Waals surface area contributed by atoms with E-state index in [-0.39, 0.29) is 106 Å². The van der Waals surface area contributed by atoms with Crippen LogP contribution in [0.4, 0.5) is 0 Å². The summed E-state index contributed by atoms with van der Waals surface area (Å²) < 4.78 is 51.8. The number of hydrogen-bond acceptors (Lipinski definition) is 16. The largest absolute Gasteiger partial charge is 0.491 e. The van der Waals surface area contributed by atoms with E-state index >= 15 is 0 Å². The summed E-state index contributed by atoms with van der Waals surface area (Å²) in [4.78, 5) is 0. The summed E-state index contributed by atoms with van der Waals surface area (Å²) in [6, 6.07) is 47.6. The first-order valence-corrected chi connectivity index (χ1v) is 30.1. The van der Waals surface area contributed by atoms with Gasteiger partial charge in [-0.1, -0.05) is 146 Å². The highest BCUT2D eigenvalue weighted by atomic mass is 16.5. The SMILES string of the molecule is OCCOc1c2cccc1Cc1cccc(c1OCCO)Cc1cccc(c1OCCO)Cc1cccc(c1OCCO)Cc1cccc(c1OCCO)Cc1cccc(c1OCCO)Cc1cccc(c1OCCO)Cc1cccc(c1OCCO)C2. The molecule has 0 atom stereocenters. The molecule has 8 aromatic rings. The molecule has 8 aromatic carbocycles. The molecule has 1 aliphatic carbocycles. The molecule has 0 aromatic heterocycles. The monoisotopic (exact) mass is 1200 g/mol.